The molecule has 4 rings (SSSR count). The summed E-state index contributed by atoms with van der Waals surface area (Å²) < 4.78 is 39.9. The average Bonchev–Trinajstić information content (AvgIpc) is 3.10. The summed E-state index contributed by atoms with van der Waals surface area (Å²) in [7, 11) is 0. The average molecular weight is 427 g/mol. The Labute approximate surface area is 176 Å². The lowest BCUT2D eigenvalue weighted by Crippen LogP contribution is -2.60. The number of hydrogen-bond acceptors (Lipinski definition) is 2. The maximum absolute atomic E-state index is 13.3. The van der Waals surface area contributed by atoms with E-state index in [-0.39, 0.29) is 28.7 Å². The summed E-state index contributed by atoms with van der Waals surface area (Å²) in [6.07, 6.45) is 9.06. The Hall–Kier alpha value is -1.53. The van der Waals surface area contributed by atoms with Crippen molar-refractivity contribution in [2.75, 3.05) is 20.0 Å². The van der Waals surface area contributed by atoms with Crippen molar-refractivity contribution in [3.05, 3.63) is 12.2 Å². The predicted octanol–water partition coefficient (Wildman–Crippen LogP) is 3.66. The van der Waals surface area contributed by atoms with Crippen LogP contribution in [0.2, 0.25) is 0 Å². The molecule has 2 N–H and O–H groups in total. The van der Waals surface area contributed by atoms with Crippen LogP contribution in [0.4, 0.5) is 13.2 Å². The molecule has 0 aromatic heterocycles. The number of fused-ring (bicyclic) bond motifs is 5. The molecule has 0 aromatic carbocycles. The molecule has 7 heteroatoms. The van der Waals surface area contributed by atoms with Gasteiger partial charge in [0.05, 0.1) is 0 Å². The minimum atomic E-state index is -2.04. The minimum absolute atomic E-state index is 0.0220. The molecule has 0 aromatic rings. The Morgan fingerprint density at radius 3 is 2.47 bits per heavy atom. The van der Waals surface area contributed by atoms with Gasteiger partial charge in [0.25, 0.3) is 0 Å². The van der Waals surface area contributed by atoms with Gasteiger partial charge in [-0.05, 0) is 67.8 Å². The predicted molar refractivity (Wildman–Crippen MR) is 108 cm³/mol. The van der Waals surface area contributed by atoms with E-state index in [1.807, 2.05) is 0 Å². The highest BCUT2D eigenvalue weighted by molar-refractivity contribution is 5.89. The molecular formula is C23H33F3N2O2. The highest BCUT2D eigenvalue weighted by Crippen LogP contribution is 2.65. The lowest BCUT2D eigenvalue weighted by molar-refractivity contribution is -0.136. The van der Waals surface area contributed by atoms with Gasteiger partial charge in [-0.15, -0.1) is 0 Å². The molecule has 3 aliphatic carbocycles. The molecule has 7 atom stereocenters. The van der Waals surface area contributed by atoms with Crippen molar-refractivity contribution in [1.82, 2.24) is 10.6 Å². The molecular weight excluding hydrogens is 393 g/mol. The first kappa shape index (κ1) is 21.7. The van der Waals surface area contributed by atoms with E-state index in [9.17, 15) is 22.8 Å². The molecule has 2 amide bonds. The zero-order valence-corrected chi connectivity index (χ0v) is 17.9. The molecule has 3 saturated carbocycles. The van der Waals surface area contributed by atoms with Crippen molar-refractivity contribution in [2.24, 2.45) is 34.5 Å². The Morgan fingerprint density at radius 2 is 1.80 bits per heavy atom. The SMILES string of the molecule is C[C@]12C=CC(=O)NC1CC[C@@H]1[C@H]2CC[C@]2(C)C(C(=O)NC(CF)(CF)CF)CC[C@@H]12. The van der Waals surface area contributed by atoms with E-state index >= 15 is 0 Å². The molecule has 0 spiro atoms. The van der Waals surface area contributed by atoms with Gasteiger partial charge in [0.2, 0.25) is 11.8 Å². The van der Waals surface area contributed by atoms with Crippen LogP contribution in [0.15, 0.2) is 12.2 Å². The quantitative estimate of drug-likeness (QED) is 0.705. The summed E-state index contributed by atoms with van der Waals surface area (Å²) >= 11 is 0. The number of amides is 2. The molecule has 4 nitrogen and oxygen atoms in total. The zero-order valence-electron chi connectivity index (χ0n) is 17.9. The first-order valence-corrected chi connectivity index (χ1v) is 11.2. The van der Waals surface area contributed by atoms with Crippen LogP contribution >= 0.6 is 0 Å². The molecule has 0 radical (unpaired) electrons. The second-order valence-electron chi connectivity index (χ2n) is 10.6. The monoisotopic (exact) mass is 426 g/mol. The molecule has 3 fully saturated rings. The molecule has 4 aliphatic rings. The summed E-state index contributed by atoms with van der Waals surface area (Å²) in [5.41, 5.74) is -2.37. The lowest BCUT2D eigenvalue weighted by atomic mass is 9.48. The van der Waals surface area contributed by atoms with Crippen LogP contribution in [0.3, 0.4) is 0 Å². The molecule has 2 unspecified atom stereocenters. The largest absolute Gasteiger partial charge is 0.349 e. The minimum Gasteiger partial charge on any atom is -0.349 e. The Morgan fingerprint density at radius 1 is 1.10 bits per heavy atom. The second-order valence-corrected chi connectivity index (χ2v) is 10.6. The summed E-state index contributed by atoms with van der Waals surface area (Å²) in [5, 5.41) is 5.52. The first-order chi connectivity index (χ1) is 14.2. The van der Waals surface area contributed by atoms with Crippen LogP contribution in [-0.2, 0) is 9.59 Å². The molecule has 30 heavy (non-hydrogen) atoms. The fourth-order valence-corrected chi connectivity index (χ4v) is 7.32. The van der Waals surface area contributed by atoms with Crippen LogP contribution in [-0.4, -0.2) is 43.4 Å². The van der Waals surface area contributed by atoms with E-state index < -0.39 is 31.5 Å². The number of nitrogens with one attached hydrogen (secondary N) is 2. The fourth-order valence-electron chi connectivity index (χ4n) is 7.32. The fraction of sp³-hybridized carbons (Fsp3) is 0.826. The van der Waals surface area contributed by atoms with Gasteiger partial charge >= 0.3 is 0 Å². The Balaban J connectivity index is 1.55. The highest BCUT2D eigenvalue weighted by atomic mass is 19.1. The molecule has 1 heterocycles. The van der Waals surface area contributed by atoms with E-state index in [4.69, 9.17) is 0 Å². The summed E-state index contributed by atoms with van der Waals surface area (Å²) in [6, 6.07) is 0.153. The van der Waals surface area contributed by atoms with Crippen molar-refractivity contribution < 1.29 is 22.8 Å². The van der Waals surface area contributed by atoms with Crippen molar-refractivity contribution in [2.45, 2.75) is 64.0 Å². The van der Waals surface area contributed by atoms with Crippen LogP contribution in [0, 0.1) is 34.5 Å². The van der Waals surface area contributed by atoms with Gasteiger partial charge in [-0.1, -0.05) is 19.9 Å². The maximum atomic E-state index is 13.3. The van der Waals surface area contributed by atoms with Crippen LogP contribution < -0.4 is 10.6 Å². The first-order valence-electron chi connectivity index (χ1n) is 11.2. The molecule has 168 valence electrons. The third-order valence-corrected chi connectivity index (χ3v) is 9.16. The summed E-state index contributed by atoms with van der Waals surface area (Å²) in [6.45, 7) is 0.633. The standard InChI is InChI=1S/C23H33F3N2O2/c1-21-9-7-16-14(3-6-18-22(16,2)10-8-19(29)27-18)15(21)4-5-17(21)20(30)28-23(11-24,12-25)13-26/h8,10,14-18H,3-7,9,11-13H2,1-2H3,(H,27,29)(H,28,30)/t14-,15-,16+,17?,18?,21-,22+/m0/s1. The number of halogens is 3. The van der Waals surface area contributed by atoms with Gasteiger partial charge in [-0.2, -0.15) is 0 Å². The number of rotatable bonds is 5. The number of alkyl halides is 3. The van der Waals surface area contributed by atoms with Gasteiger partial charge in [-0.3, -0.25) is 9.59 Å². The topological polar surface area (TPSA) is 58.2 Å². The Bertz CT molecular complexity index is 732. The highest BCUT2D eigenvalue weighted by Gasteiger charge is 2.61. The number of carbonyl (C=O) groups excluding carboxylic acids is 2. The van der Waals surface area contributed by atoms with Gasteiger partial charge in [-0.25, -0.2) is 13.2 Å². The molecule has 1 aliphatic heterocycles. The van der Waals surface area contributed by atoms with Crippen LogP contribution in [0.25, 0.3) is 0 Å². The lowest BCUT2D eigenvalue weighted by Gasteiger charge is -2.58. The third kappa shape index (κ3) is 3.10. The van der Waals surface area contributed by atoms with E-state index in [1.165, 1.54) is 0 Å². The second kappa shape index (κ2) is 7.56. The van der Waals surface area contributed by atoms with Crippen molar-refractivity contribution in [1.29, 1.82) is 0 Å². The number of hydrogen-bond donors (Lipinski definition) is 2. The van der Waals surface area contributed by atoms with E-state index in [0.29, 0.717) is 24.2 Å². The normalized spacial score (nSPS) is 42.7. The van der Waals surface area contributed by atoms with Crippen molar-refractivity contribution in [3.8, 4) is 0 Å². The van der Waals surface area contributed by atoms with E-state index in [0.717, 1.165) is 32.1 Å². The zero-order chi connectivity index (χ0) is 21.7. The van der Waals surface area contributed by atoms with Crippen LogP contribution in [0.1, 0.15) is 52.4 Å². The molecule has 0 saturated heterocycles. The van der Waals surface area contributed by atoms with Gasteiger partial charge in [0, 0.05) is 17.4 Å². The van der Waals surface area contributed by atoms with Crippen molar-refractivity contribution in [3.63, 3.8) is 0 Å². The Kier molecular flexibility index (Phi) is 5.46. The van der Waals surface area contributed by atoms with Gasteiger partial charge in [0.1, 0.15) is 25.6 Å². The molecule has 0 bridgehead atoms. The van der Waals surface area contributed by atoms with Crippen molar-refractivity contribution >= 4 is 11.8 Å². The number of carbonyl (C=O) groups is 2. The van der Waals surface area contributed by atoms with Crippen LogP contribution in [0.5, 0.6) is 0 Å². The van der Waals surface area contributed by atoms with Gasteiger partial charge < -0.3 is 10.6 Å². The van der Waals surface area contributed by atoms with E-state index in [1.54, 1.807) is 6.08 Å². The summed E-state index contributed by atoms with van der Waals surface area (Å²) in [5.74, 6) is 0.471. The third-order valence-electron chi connectivity index (χ3n) is 9.16. The van der Waals surface area contributed by atoms with E-state index in [2.05, 4.69) is 30.6 Å². The smallest absolute Gasteiger partial charge is 0.243 e. The van der Waals surface area contributed by atoms with Gasteiger partial charge in [0.15, 0.2) is 0 Å². The summed E-state index contributed by atoms with van der Waals surface area (Å²) in [4.78, 5) is 24.9. The maximum Gasteiger partial charge on any atom is 0.243 e.